The van der Waals surface area contributed by atoms with E-state index in [0.717, 1.165) is 11.1 Å². The van der Waals surface area contributed by atoms with Crippen molar-refractivity contribution in [2.24, 2.45) is 5.92 Å². The zero-order chi connectivity index (χ0) is 17.4. The first-order valence-corrected chi connectivity index (χ1v) is 8.23. The summed E-state index contributed by atoms with van der Waals surface area (Å²) in [5, 5.41) is 0. The van der Waals surface area contributed by atoms with Gasteiger partial charge in [-0.2, -0.15) is 0 Å². The van der Waals surface area contributed by atoms with E-state index >= 15 is 0 Å². The molecule has 3 aliphatic rings. The van der Waals surface area contributed by atoms with E-state index in [2.05, 4.69) is 13.2 Å². The minimum Gasteiger partial charge on any atom is -0.485 e. The van der Waals surface area contributed by atoms with Crippen molar-refractivity contribution >= 4 is 5.97 Å². The Morgan fingerprint density at radius 1 is 1.04 bits per heavy atom. The minimum atomic E-state index is -0.930. The van der Waals surface area contributed by atoms with Gasteiger partial charge in [-0.25, -0.2) is 4.79 Å². The van der Waals surface area contributed by atoms with E-state index < -0.39 is 5.60 Å². The first kappa shape index (κ1) is 15.5. The lowest BCUT2D eigenvalue weighted by molar-refractivity contribution is -0.0637. The third-order valence-corrected chi connectivity index (χ3v) is 4.84. The summed E-state index contributed by atoms with van der Waals surface area (Å²) in [6.07, 6.45) is 14.7. The highest BCUT2D eigenvalue weighted by molar-refractivity contribution is 5.96. The van der Waals surface area contributed by atoms with E-state index in [0.29, 0.717) is 11.3 Å². The number of carbonyl (C=O) groups excluding carboxylic acids is 1. The standard InChI is InChI=1S/C22H18O3/c1-3-9-17-19(10-4-2)24-20-14-8-7-13-18(20)22(17)16-12-6-5-11-15(16)21(23)25-22/h3-14,18,20H,1-2H2/b17-9+,19-10+. The van der Waals surface area contributed by atoms with Crippen LogP contribution in [0, 0.1) is 5.92 Å². The second-order valence-electron chi connectivity index (χ2n) is 6.13. The highest BCUT2D eigenvalue weighted by atomic mass is 16.6. The van der Waals surface area contributed by atoms with E-state index in [4.69, 9.17) is 9.47 Å². The van der Waals surface area contributed by atoms with Gasteiger partial charge in [0.2, 0.25) is 0 Å². The fraction of sp³-hybridized carbons (Fsp3) is 0.136. The highest BCUT2D eigenvalue weighted by Crippen LogP contribution is 2.55. The Morgan fingerprint density at radius 3 is 2.60 bits per heavy atom. The van der Waals surface area contributed by atoms with Gasteiger partial charge in [0.15, 0.2) is 5.60 Å². The van der Waals surface area contributed by atoms with Crippen molar-refractivity contribution < 1.29 is 14.3 Å². The quantitative estimate of drug-likeness (QED) is 0.755. The van der Waals surface area contributed by atoms with Crippen molar-refractivity contribution in [1.82, 2.24) is 0 Å². The molecule has 2 aliphatic heterocycles. The maximum absolute atomic E-state index is 12.6. The second kappa shape index (κ2) is 5.78. The molecule has 1 aliphatic carbocycles. The number of rotatable bonds is 2. The molecule has 4 rings (SSSR count). The van der Waals surface area contributed by atoms with Gasteiger partial charge < -0.3 is 9.47 Å². The summed E-state index contributed by atoms with van der Waals surface area (Å²) in [4.78, 5) is 12.6. The average Bonchev–Trinajstić information content (AvgIpc) is 2.93. The molecule has 2 heterocycles. The average molecular weight is 330 g/mol. The monoisotopic (exact) mass is 330 g/mol. The second-order valence-corrected chi connectivity index (χ2v) is 6.13. The zero-order valence-corrected chi connectivity index (χ0v) is 13.7. The number of esters is 1. The number of ether oxygens (including phenoxy) is 2. The summed E-state index contributed by atoms with van der Waals surface area (Å²) in [7, 11) is 0. The van der Waals surface area contributed by atoms with E-state index in [9.17, 15) is 4.79 Å². The number of carbonyl (C=O) groups is 1. The van der Waals surface area contributed by atoms with Crippen LogP contribution < -0.4 is 0 Å². The molecule has 0 aromatic heterocycles. The number of fused-ring (bicyclic) bond motifs is 4. The lowest BCUT2D eigenvalue weighted by Crippen LogP contribution is -2.48. The van der Waals surface area contributed by atoms with Crippen LogP contribution in [0.5, 0.6) is 0 Å². The fourth-order valence-corrected chi connectivity index (χ4v) is 3.89. The lowest BCUT2D eigenvalue weighted by atomic mass is 9.69. The van der Waals surface area contributed by atoms with Crippen LogP contribution in [0.4, 0.5) is 0 Å². The molecule has 1 fully saturated rings. The summed E-state index contributed by atoms with van der Waals surface area (Å²) in [6.45, 7) is 7.60. The smallest absolute Gasteiger partial charge is 0.339 e. The van der Waals surface area contributed by atoms with Crippen LogP contribution in [0.1, 0.15) is 15.9 Å². The Hall–Kier alpha value is -3.07. The van der Waals surface area contributed by atoms with Crippen LogP contribution in [-0.2, 0) is 15.1 Å². The number of hydrogen-bond donors (Lipinski definition) is 0. The maximum Gasteiger partial charge on any atom is 0.339 e. The highest BCUT2D eigenvalue weighted by Gasteiger charge is 2.59. The van der Waals surface area contributed by atoms with Crippen LogP contribution in [0.25, 0.3) is 0 Å². The first-order valence-electron chi connectivity index (χ1n) is 8.23. The Labute approximate surface area is 147 Å². The Kier molecular flexibility index (Phi) is 3.57. The molecule has 0 saturated carbocycles. The fourth-order valence-electron chi connectivity index (χ4n) is 3.89. The molecule has 1 aromatic carbocycles. The van der Waals surface area contributed by atoms with Crippen molar-refractivity contribution in [3.05, 3.63) is 108 Å². The lowest BCUT2D eigenvalue weighted by Gasteiger charge is -2.46. The molecular weight excluding hydrogens is 312 g/mol. The molecule has 0 amide bonds. The molecule has 124 valence electrons. The van der Waals surface area contributed by atoms with E-state index in [1.54, 1.807) is 18.2 Å². The number of hydrogen-bond acceptors (Lipinski definition) is 3. The number of benzene rings is 1. The molecule has 0 N–H and O–H groups in total. The molecule has 3 nitrogen and oxygen atoms in total. The molecule has 3 unspecified atom stereocenters. The topological polar surface area (TPSA) is 35.5 Å². The number of allylic oxidation sites excluding steroid dienone is 6. The molecule has 0 bridgehead atoms. The van der Waals surface area contributed by atoms with Crippen molar-refractivity contribution in [3.63, 3.8) is 0 Å². The van der Waals surface area contributed by atoms with Crippen LogP contribution in [0.15, 0.2) is 97.4 Å². The zero-order valence-electron chi connectivity index (χ0n) is 13.7. The summed E-state index contributed by atoms with van der Waals surface area (Å²) in [6, 6.07) is 7.54. The molecule has 3 atom stereocenters. The predicted octanol–water partition coefficient (Wildman–Crippen LogP) is 4.38. The van der Waals surface area contributed by atoms with Crippen molar-refractivity contribution in [3.8, 4) is 0 Å². The SMILES string of the molecule is C=C/C=C1/OC2C=CC=CC2C2(OC(=O)c3ccccc32)/C1=C/C=C. The Morgan fingerprint density at radius 2 is 1.80 bits per heavy atom. The summed E-state index contributed by atoms with van der Waals surface area (Å²) in [5.41, 5.74) is 1.31. The predicted molar refractivity (Wildman–Crippen MR) is 96.7 cm³/mol. The normalized spacial score (nSPS) is 32.2. The Bertz CT molecular complexity index is 884. The summed E-state index contributed by atoms with van der Waals surface area (Å²) >= 11 is 0. The van der Waals surface area contributed by atoms with Gasteiger partial charge in [0.25, 0.3) is 0 Å². The molecule has 1 spiro atoms. The molecular formula is C22H18O3. The van der Waals surface area contributed by atoms with Crippen LogP contribution in [0.2, 0.25) is 0 Å². The maximum atomic E-state index is 12.6. The molecule has 1 aromatic rings. The third kappa shape index (κ3) is 2.09. The first-order chi connectivity index (χ1) is 12.2. The molecule has 3 heteroatoms. The van der Waals surface area contributed by atoms with E-state index in [-0.39, 0.29) is 18.0 Å². The van der Waals surface area contributed by atoms with Crippen molar-refractivity contribution in [2.75, 3.05) is 0 Å². The third-order valence-electron chi connectivity index (χ3n) is 4.84. The summed E-state index contributed by atoms with van der Waals surface area (Å²) in [5.74, 6) is 0.172. The minimum absolute atomic E-state index is 0.154. The van der Waals surface area contributed by atoms with Gasteiger partial charge in [-0.3, -0.25) is 0 Å². The van der Waals surface area contributed by atoms with E-state index in [1.165, 1.54) is 0 Å². The van der Waals surface area contributed by atoms with Gasteiger partial charge >= 0.3 is 5.97 Å². The van der Waals surface area contributed by atoms with Crippen LogP contribution >= 0.6 is 0 Å². The van der Waals surface area contributed by atoms with Gasteiger partial charge in [0.1, 0.15) is 11.9 Å². The van der Waals surface area contributed by atoms with Crippen LogP contribution in [0.3, 0.4) is 0 Å². The van der Waals surface area contributed by atoms with Gasteiger partial charge in [0, 0.05) is 11.1 Å². The molecule has 25 heavy (non-hydrogen) atoms. The van der Waals surface area contributed by atoms with Gasteiger partial charge in [-0.05, 0) is 18.2 Å². The molecule has 1 saturated heterocycles. The van der Waals surface area contributed by atoms with Gasteiger partial charge in [0.05, 0.1) is 11.5 Å². The van der Waals surface area contributed by atoms with Crippen LogP contribution in [-0.4, -0.2) is 12.1 Å². The van der Waals surface area contributed by atoms with Crippen molar-refractivity contribution in [1.29, 1.82) is 0 Å². The summed E-state index contributed by atoms with van der Waals surface area (Å²) < 4.78 is 12.3. The largest absolute Gasteiger partial charge is 0.485 e. The Balaban J connectivity index is 2.03. The van der Waals surface area contributed by atoms with E-state index in [1.807, 2.05) is 54.6 Å². The van der Waals surface area contributed by atoms with Crippen molar-refractivity contribution in [2.45, 2.75) is 11.7 Å². The molecule has 0 radical (unpaired) electrons. The van der Waals surface area contributed by atoms with Gasteiger partial charge in [-0.15, -0.1) is 0 Å². The van der Waals surface area contributed by atoms with Gasteiger partial charge in [-0.1, -0.05) is 67.8 Å².